The fourth-order valence-corrected chi connectivity index (χ4v) is 5.49. The largest absolute Gasteiger partial charge is 0.474 e. The van der Waals surface area contributed by atoms with E-state index >= 15 is 13.2 Å². The molecule has 1 aromatic carbocycles. The molecule has 3 atom stereocenters. The minimum atomic E-state index is -5.20. The summed E-state index contributed by atoms with van der Waals surface area (Å²) in [5, 5.41) is 18.3. The van der Waals surface area contributed by atoms with Crippen molar-refractivity contribution in [2.75, 3.05) is 4.90 Å². The first-order chi connectivity index (χ1) is 23.9. The van der Waals surface area contributed by atoms with Gasteiger partial charge in [-0.05, 0) is 98.6 Å². The summed E-state index contributed by atoms with van der Waals surface area (Å²) in [7, 11) is 0. The molecule has 1 aliphatic rings. The van der Waals surface area contributed by atoms with Gasteiger partial charge >= 0.3 is 24.5 Å². The number of anilines is 1. The number of aliphatic hydroxyl groups is 1. The Kier molecular flexibility index (Phi) is 11.6. The first-order valence-electron chi connectivity index (χ1n) is 16.6. The average Bonchev–Trinajstić information content (AvgIpc) is 3.48. The van der Waals surface area contributed by atoms with Crippen molar-refractivity contribution in [3.63, 3.8) is 0 Å². The van der Waals surface area contributed by atoms with E-state index in [1.807, 2.05) is 0 Å². The standard InChI is InChI=1S/C35H42F6N4O7/c1-20-13-14-22(46)16-18-33(35(39,40)41,17-15-21-11-9-8-10-12-21)28-44-43-27(50-28)25-24(19-23(34(36,37)38)26(42-25)49-20)45(29(47)51-31(2,3)4)30(48)52-32(5,6)7/h8-12,19-20,22,46H,13-18H2,1-7H3/t20-,22?,33+/m1/s1. The first kappa shape index (κ1) is 40.4. The monoisotopic (exact) mass is 744 g/mol. The normalized spacial score (nSPS) is 20.3. The number of pyridine rings is 1. The minimum Gasteiger partial charge on any atom is -0.474 e. The van der Waals surface area contributed by atoms with Crippen molar-refractivity contribution in [3.8, 4) is 17.5 Å². The summed E-state index contributed by atoms with van der Waals surface area (Å²) in [6.45, 7) is 10.0. The molecule has 2 amide bonds. The van der Waals surface area contributed by atoms with E-state index in [4.69, 9.17) is 18.6 Å². The molecule has 0 aliphatic carbocycles. The molecule has 4 bridgehead atoms. The second-order valence-electron chi connectivity index (χ2n) is 14.7. The van der Waals surface area contributed by atoms with Crippen molar-refractivity contribution in [1.82, 2.24) is 15.2 Å². The second-order valence-corrected chi connectivity index (χ2v) is 14.7. The molecule has 0 fully saturated rings. The smallest absolute Gasteiger partial charge is 0.424 e. The number of carbonyl (C=O) groups is 2. The molecule has 11 nitrogen and oxygen atoms in total. The number of ether oxygens (including phenoxy) is 3. The Bertz CT molecular complexity index is 1690. The predicted octanol–water partition coefficient (Wildman–Crippen LogP) is 8.96. The van der Waals surface area contributed by atoms with Gasteiger partial charge < -0.3 is 23.7 Å². The summed E-state index contributed by atoms with van der Waals surface area (Å²) >= 11 is 0. The van der Waals surface area contributed by atoms with Gasteiger partial charge in [-0.1, -0.05) is 30.3 Å². The van der Waals surface area contributed by atoms with E-state index in [1.54, 1.807) is 30.3 Å². The maximum Gasteiger partial charge on any atom is 0.424 e. The Hall–Kier alpha value is -4.41. The molecular formula is C35H42F6N4O7. The lowest BCUT2D eigenvalue weighted by Gasteiger charge is -2.33. The number of hydrogen-bond acceptors (Lipinski definition) is 10. The third kappa shape index (κ3) is 9.72. The highest BCUT2D eigenvalue weighted by atomic mass is 19.4. The summed E-state index contributed by atoms with van der Waals surface area (Å²) in [6, 6.07) is 8.68. The van der Waals surface area contributed by atoms with Crippen molar-refractivity contribution in [2.24, 2.45) is 0 Å². The SMILES string of the molecule is C[C@@H]1CCC(O)CC[C@](CCc2ccccc2)(C(F)(F)F)c2nnc(o2)-c2nc(c(C(F)(F)F)cc2N(C(=O)OC(C)(C)C)C(=O)OC(C)(C)C)O1. The van der Waals surface area contributed by atoms with Crippen LogP contribution in [-0.4, -0.2) is 62.1 Å². The van der Waals surface area contributed by atoms with E-state index < -0.39 is 101 Å². The highest BCUT2D eigenvalue weighted by Crippen LogP contribution is 2.49. The number of benzene rings is 1. The van der Waals surface area contributed by atoms with Crippen LogP contribution < -0.4 is 9.64 Å². The fourth-order valence-electron chi connectivity index (χ4n) is 5.49. The lowest BCUT2D eigenvalue weighted by Crippen LogP contribution is -2.44. The van der Waals surface area contributed by atoms with E-state index in [2.05, 4.69) is 15.2 Å². The van der Waals surface area contributed by atoms with Gasteiger partial charge in [0.05, 0.1) is 17.9 Å². The Morgan fingerprint density at radius 2 is 1.52 bits per heavy atom. The number of aryl methyl sites for hydroxylation is 1. The van der Waals surface area contributed by atoms with Crippen LogP contribution in [-0.2, 0) is 27.5 Å². The number of hydrogen-bond donors (Lipinski definition) is 1. The molecule has 1 aliphatic heterocycles. The van der Waals surface area contributed by atoms with Gasteiger partial charge in [0.15, 0.2) is 5.69 Å². The summed E-state index contributed by atoms with van der Waals surface area (Å²) in [6.07, 6.45) is -17.5. The Balaban J connectivity index is 2.04. The Morgan fingerprint density at radius 1 is 0.923 bits per heavy atom. The maximum absolute atomic E-state index is 15.4. The molecule has 286 valence electrons. The van der Waals surface area contributed by atoms with E-state index in [9.17, 15) is 27.9 Å². The number of alkyl halides is 6. The van der Waals surface area contributed by atoms with Crippen molar-refractivity contribution in [2.45, 2.75) is 128 Å². The second kappa shape index (κ2) is 14.9. The van der Waals surface area contributed by atoms with Crippen LogP contribution >= 0.6 is 0 Å². The number of nitrogens with zero attached hydrogens (tertiary/aromatic N) is 4. The summed E-state index contributed by atoms with van der Waals surface area (Å²) < 4.78 is 112. The van der Waals surface area contributed by atoms with E-state index in [-0.39, 0.29) is 30.6 Å². The predicted molar refractivity (Wildman–Crippen MR) is 175 cm³/mol. The van der Waals surface area contributed by atoms with Crippen LogP contribution in [0.5, 0.6) is 5.88 Å². The minimum absolute atomic E-state index is 0.0689. The number of aromatic nitrogens is 3. The van der Waals surface area contributed by atoms with Crippen molar-refractivity contribution >= 4 is 17.9 Å². The fraction of sp³-hybridized carbons (Fsp3) is 0.571. The van der Waals surface area contributed by atoms with Gasteiger partial charge in [-0.15, -0.1) is 10.2 Å². The van der Waals surface area contributed by atoms with Gasteiger partial charge in [0.25, 0.3) is 5.89 Å². The third-order valence-corrected chi connectivity index (χ3v) is 8.05. The average molecular weight is 745 g/mol. The molecule has 0 spiro atoms. The lowest BCUT2D eigenvalue weighted by molar-refractivity contribution is -0.203. The molecule has 4 rings (SSSR count). The Labute approximate surface area is 296 Å². The molecule has 2 aromatic heterocycles. The number of amides is 2. The number of aliphatic hydroxyl groups excluding tert-OH is 1. The molecular weight excluding hydrogens is 702 g/mol. The lowest BCUT2D eigenvalue weighted by atomic mass is 9.76. The zero-order valence-electron chi connectivity index (χ0n) is 29.8. The third-order valence-electron chi connectivity index (χ3n) is 8.05. The van der Waals surface area contributed by atoms with Crippen LogP contribution in [0, 0.1) is 0 Å². The van der Waals surface area contributed by atoms with Gasteiger partial charge in [0.2, 0.25) is 11.8 Å². The maximum atomic E-state index is 15.4. The van der Waals surface area contributed by atoms with Crippen molar-refractivity contribution in [3.05, 3.63) is 53.4 Å². The van der Waals surface area contributed by atoms with E-state index in [1.165, 1.54) is 48.5 Å². The molecule has 52 heavy (non-hydrogen) atoms. The van der Waals surface area contributed by atoms with Crippen molar-refractivity contribution < 1.29 is 59.7 Å². The van der Waals surface area contributed by atoms with E-state index in [0.717, 1.165) is 0 Å². The number of halogens is 6. The van der Waals surface area contributed by atoms with Gasteiger partial charge in [-0.25, -0.2) is 14.6 Å². The topological polar surface area (TPSA) is 137 Å². The first-order valence-corrected chi connectivity index (χ1v) is 16.6. The zero-order chi connectivity index (χ0) is 38.9. The highest BCUT2D eigenvalue weighted by molar-refractivity contribution is 6.11. The van der Waals surface area contributed by atoms with Gasteiger partial charge in [-0.3, -0.25) is 0 Å². The molecule has 3 aromatic rings. The van der Waals surface area contributed by atoms with Gasteiger partial charge in [-0.2, -0.15) is 31.2 Å². The van der Waals surface area contributed by atoms with Crippen LogP contribution in [0.4, 0.5) is 41.6 Å². The number of fused-ring (bicyclic) bond motifs is 5. The summed E-state index contributed by atoms with van der Waals surface area (Å²) in [5.74, 6) is -2.87. The van der Waals surface area contributed by atoms with Crippen LogP contribution in [0.1, 0.15) is 97.6 Å². The zero-order valence-corrected chi connectivity index (χ0v) is 29.8. The summed E-state index contributed by atoms with van der Waals surface area (Å²) in [4.78, 5) is 31.3. The number of rotatable bonds is 4. The van der Waals surface area contributed by atoms with Crippen LogP contribution in [0.2, 0.25) is 0 Å². The van der Waals surface area contributed by atoms with Crippen LogP contribution in [0.3, 0.4) is 0 Å². The molecule has 17 heteroatoms. The van der Waals surface area contributed by atoms with Gasteiger partial charge in [0, 0.05) is 0 Å². The highest BCUT2D eigenvalue weighted by Gasteiger charge is 2.59. The molecule has 0 radical (unpaired) electrons. The Morgan fingerprint density at radius 3 is 2.06 bits per heavy atom. The molecule has 0 saturated heterocycles. The summed E-state index contributed by atoms with van der Waals surface area (Å²) in [5.41, 5.74) is -8.10. The van der Waals surface area contributed by atoms with Crippen LogP contribution in [0.15, 0.2) is 40.8 Å². The van der Waals surface area contributed by atoms with Gasteiger partial charge in [0.1, 0.15) is 22.2 Å². The number of imide groups is 1. The molecule has 3 heterocycles. The molecule has 0 saturated carbocycles. The quantitative estimate of drug-likeness (QED) is 0.258. The van der Waals surface area contributed by atoms with Crippen LogP contribution in [0.25, 0.3) is 11.6 Å². The number of carbonyl (C=O) groups excluding carboxylic acids is 2. The molecule has 1 unspecified atom stereocenters. The van der Waals surface area contributed by atoms with Crippen molar-refractivity contribution in [1.29, 1.82) is 0 Å². The molecule has 1 N–H and O–H groups in total. The van der Waals surface area contributed by atoms with E-state index in [0.29, 0.717) is 11.6 Å².